The van der Waals surface area contributed by atoms with Gasteiger partial charge in [-0.05, 0) is 76.6 Å². The van der Waals surface area contributed by atoms with Crippen molar-refractivity contribution in [1.82, 2.24) is 0 Å². The summed E-state index contributed by atoms with van der Waals surface area (Å²) in [6, 6.07) is 20.6. The Bertz CT molecular complexity index is 1070. The van der Waals surface area contributed by atoms with Crippen molar-refractivity contribution in [2.24, 2.45) is 0 Å². The lowest BCUT2D eigenvalue weighted by molar-refractivity contribution is 0.0211. The Morgan fingerprint density at radius 1 is 0.963 bits per heavy atom. The van der Waals surface area contributed by atoms with E-state index >= 15 is 0 Å². The van der Waals surface area contributed by atoms with Crippen LogP contribution in [0.1, 0.15) is 27.8 Å². The van der Waals surface area contributed by atoms with Crippen LogP contribution in [0.15, 0.2) is 60.7 Å². The Morgan fingerprint density at radius 2 is 1.78 bits per heavy atom. The molecular weight excluding hydrogens is 358 g/mol. The van der Waals surface area contributed by atoms with Crippen molar-refractivity contribution in [3.63, 3.8) is 0 Å². The fraction of sp³-hybridized carbons (Fsp3) is 0.130. The SMILES string of the molecule is OC1Nc2cc(/C=C3/c4ccccc4CCc4cc(Cl)ccc43)ccc2O1. The van der Waals surface area contributed by atoms with E-state index in [2.05, 4.69) is 47.8 Å². The lowest BCUT2D eigenvalue weighted by atomic mass is 9.92. The molecule has 0 spiro atoms. The van der Waals surface area contributed by atoms with E-state index in [1.807, 2.05) is 24.3 Å². The topological polar surface area (TPSA) is 41.5 Å². The molecule has 3 aromatic carbocycles. The van der Waals surface area contributed by atoms with Crippen molar-refractivity contribution in [3.05, 3.63) is 93.5 Å². The first-order chi connectivity index (χ1) is 13.2. The first kappa shape index (κ1) is 16.4. The van der Waals surface area contributed by atoms with Crippen molar-refractivity contribution < 1.29 is 9.84 Å². The van der Waals surface area contributed by atoms with Gasteiger partial charge < -0.3 is 15.2 Å². The number of anilines is 1. The van der Waals surface area contributed by atoms with Gasteiger partial charge in [0.1, 0.15) is 5.75 Å². The molecule has 3 aromatic rings. The molecule has 3 nitrogen and oxygen atoms in total. The third-order valence-electron chi connectivity index (χ3n) is 5.16. The molecule has 2 N–H and O–H groups in total. The zero-order chi connectivity index (χ0) is 18.4. The van der Waals surface area contributed by atoms with Crippen LogP contribution in [0.5, 0.6) is 5.75 Å². The summed E-state index contributed by atoms with van der Waals surface area (Å²) in [4.78, 5) is 0. The summed E-state index contributed by atoms with van der Waals surface area (Å²) in [5.41, 5.74) is 8.12. The summed E-state index contributed by atoms with van der Waals surface area (Å²) in [6.45, 7) is 0. The van der Waals surface area contributed by atoms with Gasteiger partial charge in [-0.15, -0.1) is 0 Å². The van der Waals surface area contributed by atoms with Gasteiger partial charge in [0.05, 0.1) is 5.69 Å². The molecule has 0 fully saturated rings. The molecule has 0 aromatic heterocycles. The molecule has 5 rings (SSSR count). The highest BCUT2D eigenvalue weighted by molar-refractivity contribution is 6.30. The van der Waals surface area contributed by atoms with Crippen LogP contribution in [-0.4, -0.2) is 11.5 Å². The van der Waals surface area contributed by atoms with Crippen molar-refractivity contribution in [2.75, 3.05) is 5.32 Å². The Balaban J connectivity index is 1.69. The van der Waals surface area contributed by atoms with Crippen LogP contribution in [0.2, 0.25) is 5.02 Å². The van der Waals surface area contributed by atoms with Gasteiger partial charge in [-0.25, -0.2) is 0 Å². The molecule has 1 atom stereocenters. The lowest BCUT2D eigenvalue weighted by Crippen LogP contribution is -2.17. The van der Waals surface area contributed by atoms with Gasteiger partial charge in [-0.3, -0.25) is 0 Å². The summed E-state index contributed by atoms with van der Waals surface area (Å²) in [7, 11) is 0. The number of hydrogen-bond acceptors (Lipinski definition) is 3. The lowest BCUT2D eigenvalue weighted by Gasteiger charge is -2.13. The average Bonchev–Trinajstić information content (AvgIpc) is 2.97. The van der Waals surface area contributed by atoms with E-state index in [0.717, 1.165) is 29.1 Å². The molecule has 0 radical (unpaired) electrons. The van der Waals surface area contributed by atoms with E-state index in [9.17, 15) is 5.11 Å². The molecule has 134 valence electrons. The van der Waals surface area contributed by atoms with E-state index in [1.165, 1.54) is 27.8 Å². The van der Waals surface area contributed by atoms with Crippen LogP contribution in [0.4, 0.5) is 5.69 Å². The zero-order valence-corrected chi connectivity index (χ0v) is 15.3. The van der Waals surface area contributed by atoms with E-state index < -0.39 is 6.41 Å². The molecule has 1 unspecified atom stereocenters. The van der Waals surface area contributed by atoms with E-state index in [0.29, 0.717) is 5.75 Å². The quantitative estimate of drug-likeness (QED) is 0.621. The Kier molecular flexibility index (Phi) is 3.92. The number of rotatable bonds is 1. The summed E-state index contributed by atoms with van der Waals surface area (Å²) in [6.07, 6.45) is 3.18. The highest BCUT2D eigenvalue weighted by Gasteiger charge is 2.21. The standard InChI is InChI=1S/C23H18ClNO2/c24-17-8-9-19-16(13-17)7-6-15-3-1-2-4-18(15)20(19)11-14-5-10-22-21(12-14)25-23(26)27-22/h1-5,8-13,23,25-26H,6-7H2/b20-11-. The fourth-order valence-electron chi connectivity index (χ4n) is 3.91. The molecule has 0 bridgehead atoms. The van der Waals surface area contributed by atoms with Gasteiger partial charge in [-0.2, -0.15) is 0 Å². The van der Waals surface area contributed by atoms with Crippen molar-refractivity contribution >= 4 is 28.9 Å². The normalized spacial score (nSPS) is 18.7. The predicted molar refractivity (Wildman–Crippen MR) is 109 cm³/mol. The predicted octanol–water partition coefficient (Wildman–Crippen LogP) is 5.11. The molecule has 27 heavy (non-hydrogen) atoms. The highest BCUT2D eigenvalue weighted by Crippen LogP contribution is 2.38. The second-order valence-corrected chi connectivity index (χ2v) is 7.32. The molecule has 0 saturated carbocycles. The molecule has 0 saturated heterocycles. The molecular formula is C23H18ClNO2. The van der Waals surface area contributed by atoms with Crippen molar-refractivity contribution in [1.29, 1.82) is 0 Å². The minimum absolute atomic E-state index is 0.665. The zero-order valence-electron chi connectivity index (χ0n) is 14.6. The van der Waals surface area contributed by atoms with Crippen LogP contribution in [0.25, 0.3) is 11.6 Å². The minimum atomic E-state index is -0.982. The maximum Gasteiger partial charge on any atom is 0.279 e. The van der Waals surface area contributed by atoms with Crippen molar-refractivity contribution in [2.45, 2.75) is 19.3 Å². The first-order valence-corrected chi connectivity index (χ1v) is 9.39. The number of fused-ring (bicyclic) bond motifs is 3. The molecule has 1 aliphatic heterocycles. The first-order valence-electron chi connectivity index (χ1n) is 9.01. The number of aryl methyl sites for hydroxylation is 2. The largest absolute Gasteiger partial charge is 0.445 e. The van der Waals surface area contributed by atoms with Crippen LogP contribution in [0.3, 0.4) is 0 Å². The molecule has 0 amide bonds. The highest BCUT2D eigenvalue weighted by atomic mass is 35.5. The number of nitrogens with one attached hydrogen (secondary N) is 1. The number of aliphatic hydroxyl groups is 1. The Morgan fingerprint density at radius 3 is 2.70 bits per heavy atom. The van der Waals surface area contributed by atoms with Gasteiger partial charge in [0.25, 0.3) is 6.41 Å². The van der Waals surface area contributed by atoms with E-state index in [4.69, 9.17) is 16.3 Å². The van der Waals surface area contributed by atoms with Crippen LogP contribution < -0.4 is 10.1 Å². The Labute approximate surface area is 162 Å². The summed E-state index contributed by atoms with van der Waals surface area (Å²) in [5, 5.41) is 13.3. The average molecular weight is 376 g/mol. The van der Waals surface area contributed by atoms with Crippen LogP contribution in [0, 0.1) is 0 Å². The minimum Gasteiger partial charge on any atom is -0.445 e. The van der Waals surface area contributed by atoms with Gasteiger partial charge in [0.15, 0.2) is 0 Å². The van der Waals surface area contributed by atoms with Gasteiger partial charge in [0, 0.05) is 5.02 Å². The summed E-state index contributed by atoms with van der Waals surface area (Å²) >= 11 is 6.26. The number of aliphatic hydroxyl groups excluding tert-OH is 1. The second-order valence-electron chi connectivity index (χ2n) is 6.89. The third kappa shape index (κ3) is 2.99. The monoisotopic (exact) mass is 375 g/mol. The van der Waals surface area contributed by atoms with E-state index in [-0.39, 0.29) is 0 Å². The number of ether oxygens (including phenoxy) is 1. The van der Waals surface area contributed by atoms with Crippen LogP contribution >= 0.6 is 11.6 Å². The maximum absolute atomic E-state index is 9.63. The second kappa shape index (κ2) is 6.45. The molecule has 1 aliphatic carbocycles. The Hall–Kier alpha value is -2.75. The van der Waals surface area contributed by atoms with Crippen molar-refractivity contribution in [3.8, 4) is 5.75 Å². The fourth-order valence-corrected chi connectivity index (χ4v) is 4.10. The third-order valence-corrected chi connectivity index (χ3v) is 5.40. The number of hydrogen-bond donors (Lipinski definition) is 2. The number of halogens is 1. The van der Waals surface area contributed by atoms with E-state index in [1.54, 1.807) is 0 Å². The summed E-state index contributed by atoms with van der Waals surface area (Å²) in [5.74, 6) is 0.665. The molecule has 1 heterocycles. The molecule has 2 aliphatic rings. The summed E-state index contributed by atoms with van der Waals surface area (Å²) < 4.78 is 5.31. The van der Waals surface area contributed by atoms with Crippen LogP contribution in [-0.2, 0) is 12.8 Å². The van der Waals surface area contributed by atoms with Gasteiger partial charge in [0.2, 0.25) is 0 Å². The number of benzene rings is 3. The molecule has 4 heteroatoms. The smallest absolute Gasteiger partial charge is 0.279 e. The van der Waals surface area contributed by atoms with Gasteiger partial charge >= 0.3 is 0 Å². The maximum atomic E-state index is 9.63. The van der Waals surface area contributed by atoms with Gasteiger partial charge in [-0.1, -0.05) is 48.0 Å².